The van der Waals surface area contributed by atoms with Crippen LogP contribution < -0.4 is 0 Å². The van der Waals surface area contributed by atoms with Gasteiger partial charge in [-0.3, -0.25) is 4.40 Å². The van der Waals surface area contributed by atoms with Gasteiger partial charge in [-0.1, -0.05) is 23.5 Å². The van der Waals surface area contributed by atoms with Gasteiger partial charge in [-0.25, -0.2) is 4.98 Å². The highest BCUT2D eigenvalue weighted by Gasteiger charge is 2.15. The Morgan fingerprint density at radius 1 is 1.38 bits per heavy atom. The zero-order valence-electron chi connectivity index (χ0n) is 9.14. The third-order valence-corrected chi connectivity index (χ3v) is 4.12. The summed E-state index contributed by atoms with van der Waals surface area (Å²) in [6.07, 6.45) is -0.425. The summed E-state index contributed by atoms with van der Waals surface area (Å²) in [6, 6.07) is 8.07. The molecule has 0 aliphatic heterocycles. The molecule has 16 heavy (non-hydrogen) atoms. The number of imidazole rings is 1. The molecule has 0 amide bonds. The minimum Gasteiger partial charge on any atom is -0.388 e. The molecule has 0 saturated heterocycles. The molecule has 0 radical (unpaired) electrons. The van der Waals surface area contributed by atoms with Crippen LogP contribution in [0, 0.1) is 6.92 Å². The molecule has 0 saturated carbocycles. The summed E-state index contributed by atoms with van der Waals surface area (Å²) in [7, 11) is 0. The molecule has 0 fully saturated rings. The first kappa shape index (κ1) is 9.81. The Balaban J connectivity index is 2.45. The van der Waals surface area contributed by atoms with E-state index >= 15 is 0 Å². The maximum absolute atomic E-state index is 9.67. The van der Waals surface area contributed by atoms with E-state index in [9.17, 15) is 5.11 Å². The van der Waals surface area contributed by atoms with E-state index in [2.05, 4.69) is 15.5 Å². The van der Waals surface area contributed by atoms with Crippen molar-refractivity contribution in [2.24, 2.45) is 0 Å². The van der Waals surface area contributed by atoms with Crippen molar-refractivity contribution >= 4 is 27.3 Å². The number of hydrogen-bond donors (Lipinski definition) is 1. The molecule has 1 atom stereocenters. The largest absolute Gasteiger partial charge is 0.388 e. The normalized spacial score (nSPS) is 13.7. The predicted octanol–water partition coefficient (Wildman–Crippen LogP) is 2.91. The Morgan fingerprint density at radius 3 is 2.88 bits per heavy atom. The molecule has 0 aliphatic rings. The third kappa shape index (κ3) is 1.20. The molecular weight excluding hydrogens is 220 g/mol. The molecule has 0 aliphatic carbocycles. The van der Waals surface area contributed by atoms with Crippen LogP contribution in [0.15, 0.2) is 24.3 Å². The number of fused-ring (bicyclic) bond motifs is 3. The number of aliphatic hydroxyl groups excluding tert-OH is 1. The fourth-order valence-electron chi connectivity index (χ4n) is 2.07. The van der Waals surface area contributed by atoms with Gasteiger partial charge < -0.3 is 5.11 Å². The molecule has 2 heterocycles. The van der Waals surface area contributed by atoms with E-state index in [1.54, 1.807) is 18.3 Å². The van der Waals surface area contributed by atoms with Crippen molar-refractivity contribution < 1.29 is 5.11 Å². The van der Waals surface area contributed by atoms with Gasteiger partial charge in [0, 0.05) is 5.69 Å². The van der Waals surface area contributed by atoms with Crippen LogP contribution in [-0.2, 0) is 0 Å². The van der Waals surface area contributed by atoms with Crippen LogP contribution in [0.4, 0.5) is 0 Å². The first-order chi connectivity index (χ1) is 7.68. The number of aliphatic hydroxyl groups is 1. The topological polar surface area (TPSA) is 37.5 Å². The van der Waals surface area contributed by atoms with Crippen molar-refractivity contribution in [3.05, 3.63) is 34.8 Å². The molecule has 3 aromatic rings. The first-order valence-corrected chi connectivity index (χ1v) is 6.04. The zero-order valence-corrected chi connectivity index (χ0v) is 9.95. The Bertz CT molecular complexity index is 666. The quantitative estimate of drug-likeness (QED) is 0.700. The number of aromatic nitrogens is 2. The maximum Gasteiger partial charge on any atom is 0.195 e. The van der Waals surface area contributed by atoms with Crippen molar-refractivity contribution in [2.75, 3.05) is 0 Å². The smallest absolute Gasteiger partial charge is 0.195 e. The summed E-state index contributed by atoms with van der Waals surface area (Å²) < 4.78 is 2.11. The fourth-order valence-corrected chi connectivity index (χ4v) is 3.14. The number of hydrogen-bond acceptors (Lipinski definition) is 3. The van der Waals surface area contributed by atoms with Crippen molar-refractivity contribution in [3.63, 3.8) is 0 Å². The van der Waals surface area contributed by atoms with Crippen LogP contribution in [-0.4, -0.2) is 14.5 Å². The molecular formula is C12H12N2OS. The lowest BCUT2D eigenvalue weighted by Gasteiger charge is -2.01. The van der Waals surface area contributed by atoms with E-state index in [0.717, 1.165) is 26.6 Å². The van der Waals surface area contributed by atoms with Crippen molar-refractivity contribution in [2.45, 2.75) is 20.0 Å². The van der Waals surface area contributed by atoms with Crippen LogP contribution in [0.2, 0.25) is 0 Å². The molecule has 3 nitrogen and oxygen atoms in total. The van der Waals surface area contributed by atoms with Gasteiger partial charge in [0.15, 0.2) is 4.96 Å². The highest BCUT2D eigenvalue weighted by atomic mass is 32.1. The number of benzene rings is 1. The lowest BCUT2D eigenvalue weighted by atomic mass is 10.2. The molecule has 1 N–H and O–H groups in total. The number of thiazole rings is 1. The van der Waals surface area contributed by atoms with Crippen LogP contribution in [0.3, 0.4) is 0 Å². The summed E-state index contributed by atoms with van der Waals surface area (Å²) >= 11 is 1.56. The molecule has 0 bridgehead atoms. The third-order valence-electron chi connectivity index (χ3n) is 2.80. The zero-order chi connectivity index (χ0) is 11.3. The van der Waals surface area contributed by atoms with Gasteiger partial charge >= 0.3 is 0 Å². The average Bonchev–Trinajstić information content (AvgIpc) is 2.75. The monoisotopic (exact) mass is 232 g/mol. The highest BCUT2D eigenvalue weighted by molar-refractivity contribution is 7.17. The van der Waals surface area contributed by atoms with E-state index in [0.29, 0.717) is 0 Å². The van der Waals surface area contributed by atoms with Gasteiger partial charge in [-0.05, 0) is 26.0 Å². The Labute approximate surface area is 97.0 Å². The molecule has 1 aromatic carbocycles. The van der Waals surface area contributed by atoms with Gasteiger partial charge in [0.2, 0.25) is 0 Å². The minimum absolute atomic E-state index is 0.425. The standard InChI is InChI=1S/C12H12N2OS/c1-7-11(8(2)15)16-12-13-9-5-3-4-6-10(9)14(7)12/h3-6,8,15H,1-2H3. The van der Waals surface area contributed by atoms with Crippen molar-refractivity contribution in [3.8, 4) is 0 Å². The van der Waals surface area contributed by atoms with Gasteiger partial charge in [0.05, 0.1) is 22.0 Å². The summed E-state index contributed by atoms with van der Waals surface area (Å²) in [5.74, 6) is 0. The van der Waals surface area contributed by atoms with Crippen molar-refractivity contribution in [1.82, 2.24) is 9.38 Å². The summed E-state index contributed by atoms with van der Waals surface area (Å²) in [6.45, 7) is 3.82. The number of rotatable bonds is 1. The summed E-state index contributed by atoms with van der Waals surface area (Å²) in [5, 5.41) is 9.67. The molecule has 2 aromatic heterocycles. The van der Waals surface area contributed by atoms with Crippen LogP contribution >= 0.6 is 11.3 Å². The van der Waals surface area contributed by atoms with Crippen molar-refractivity contribution in [1.29, 1.82) is 0 Å². The van der Waals surface area contributed by atoms with Crippen LogP contribution in [0.5, 0.6) is 0 Å². The van der Waals surface area contributed by atoms with E-state index in [4.69, 9.17) is 0 Å². The molecule has 1 unspecified atom stereocenters. The van der Waals surface area contributed by atoms with Gasteiger partial charge in [-0.2, -0.15) is 0 Å². The number of aryl methyl sites for hydroxylation is 1. The second-order valence-electron chi connectivity index (χ2n) is 3.95. The first-order valence-electron chi connectivity index (χ1n) is 5.23. The second-order valence-corrected chi connectivity index (χ2v) is 4.96. The molecule has 0 spiro atoms. The predicted molar refractivity (Wildman–Crippen MR) is 65.9 cm³/mol. The Kier molecular flexibility index (Phi) is 2.02. The molecule has 3 rings (SSSR count). The Hall–Kier alpha value is -1.39. The van der Waals surface area contributed by atoms with E-state index in [-0.39, 0.29) is 0 Å². The highest BCUT2D eigenvalue weighted by Crippen LogP contribution is 2.31. The van der Waals surface area contributed by atoms with Gasteiger partial charge in [0.1, 0.15) is 0 Å². The second kappa shape index (κ2) is 3.30. The number of nitrogens with zero attached hydrogens (tertiary/aromatic N) is 2. The summed E-state index contributed by atoms with van der Waals surface area (Å²) in [5.41, 5.74) is 3.20. The Morgan fingerprint density at radius 2 is 2.12 bits per heavy atom. The van der Waals surface area contributed by atoms with Crippen LogP contribution in [0.1, 0.15) is 23.6 Å². The summed E-state index contributed by atoms with van der Waals surface area (Å²) in [4.78, 5) is 6.50. The van der Waals surface area contributed by atoms with Crippen LogP contribution in [0.25, 0.3) is 16.0 Å². The SMILES string of the molecule is Cc1c(C(C)O)sc2nc3ccccc3n12. The van der Waals surface area contributed by atoms with E-state index < -0.39 is 6.10 Å². The van der Waals surface area contributed by atoms with E-state index in [1.807, 2.05) is 25.1 Å². The minimum atomic E-state index is -0.425. The number of para-hydroxylation sites is 2. The lowest BCUT2D eigenvalue weighted by Crippen LogP contribution is -1.92. The lowest BCUT2D eigenvalue weighted by molar-refractivity contribution is 0.202. The fraction of sp³-hybridized carbons (Fsp3) is 0.250. The van der Waals surface area contributed by atoms with Gasteiger partial charge in [0.25, 0.3) is 0 Å². The van der Waals surface area contributed by atoms with Gasteiger partial charge in [-0.15, -0.1) is 0 Å². The average molecular weight is 232 g/mol. The molecule has 82 valence electrons. The van der Waals surface area contributed by atoms with E-state index in [1.165, 1.54) is 0 Å². The molecule has 4 heteroatoms. The maximum atomic E-state index is 9.67.